The molecular formula is C43H58N8O16. The molecule has 24 nitrogen and oxygen atoms in total. The predicted octanol–water partition coefficient (Wildman–Crippen LogP) is 1.21. The number of carbonyl (C=O) groups is 8. The van der Waals surface area contributed by atoms with E-state index in [0.29, 0.717) is 37.7 Å². The van der Waals surface area contributed by atoms with Crippen molar-refractivity contribution in [2.24, 2.45) is 11.7 Å². The molecule has 67 heavy (non-hydrogen) atoms. The first-order chi connectivity index (χ1) is 32.1. The number of ether oxygens (including phenoxy) is 6. The number of benzene rings is 2. The highest BCUT2D eigenvalue weighted by Crippen LogP contribution is 2.18. The minimum atomic E-state index is -1.08. The van der Waals surface area contributed by atoms with Crippen LogP contribution in [0.5, 0.6) is 5.75 Å². The summed E-state index contributed by atoms with van der Waals surface area (Å²) in [4.78, 5) is 109. The van der Waals surface area contributed by atoms with Gasteiger partial charge in [0, 0.05) is 62.4 Å². The number of amides is 8. The molecule has 2 aromatic carbocycles. The van der Waals surface area contributed by atoms with Crippen molar-refractivity contribution in [2.75, 3.05) is 77.8 Å². The highest BCUT2D eigenvalue weighted by molar-refractivity contribution is 6.13. The molecule has 1 heterocycles. The minimum Gasteiger partial charge on any atom is -0.429 e. The van der Waals surface area contributed by atoms with Gasteiger partial charge >= 0.3 is 12.2 Å². The van der Waals surface area contributed by atoms with Crippen LogP contribution in [0.3, 0.4) is 0 Å². The van der Waals surface area contributed by atoms with Crippen LogP contribution < -0.4 is 37.1 Å². The molecule has 1 aliphatic rings. The lowest BCUT2D eigenvalue weighted by molar-refractivity contribution is -0.384. The first-order valence-electron chi connectivity index (χ1n) is 21.4. The summed E-state index contributed by atoms with van der Waals surface area (Å²) >= 11 is 0. The first kappa shape index (κ1) is 54.3. The summed E-state index contributed by atoms with van der Waals surface area (Å²) in [7, 11) is 0. The van der Waals surface area contributed by atoms with Crippen molar-refractivity contribution in [1.82, 2.24) is 26.2 Å². The highest BCUT2D eigenvalue weighted by atomic mass is 16.7. The van der Waals surface area contributed by atoms with Crippen LogP contribution in [0.2, 0.25) is 0 Å². The summed E-state index contributed by atoms with van der Waals surface area (Å²) < 4.78 is 31.9. The molecule has 0 radical (unpaired) electrons. The molecule has 8 amide bonds. The molecule has 0 saturated carbocycles. The Morgan fingerprint density at radius 3 is 1.90 bits per heavy atom. The van der Waals surface area contributed by atoms with E-state index in [0.717, 1.165) is 17.1 Å². The Balaban J connectivity index is 1.30. The number of nitrogens with one attached hydrogen (secondary N) is 5. The predicted molar refractivity (Wildman–Crippen MR) is 236 cm³/mol. The molecule has 2 aromatic rings. The van der Waals surface area contributed by atoms with Gasteiger partial charge in [0.2, 0.25) is 23.6 Å². The van der Waals surface area contributed by atoms with Gasteiger partial charge in [-0.1, -0.05) is 26.0 Å². The second-order valence-electron chi connectivity index (χ2n) is 14.8. The van der Waals surface area contributed by atoms with E-state index in [1.165, 1.54) is 24.3 Å². The normalized spacial score (nSPS) is 12.9. The van der Waals surface area contributed by atoms with Crippen molar-refractivity contribution >= 4 is 59.0 Å². The molecule has 0 saturated heterocycles. The fraction of sp³-hybridized carbons (Fsp3) is 0.488. The lowest BCUT2D eigenvalue weighted by Crippen LogP contribution is -2.54. The summed E-state index contributed by atoms with van der Waals surface area (Å²) in [5, 5.41) is 24.0. The lowest BCUT2D eigenvalue weighted by atomic mass is 10.0. The van der Waals surface area contributed by atoms with E-state index in [9.17, 15) is 48.5 Å². The third-order valence-corrected chi connectivity index (χ3v) is 9.32. The molecule has 366 valence electrons. The number of nitro groups is 1. The van der Waals surface area contributed by atoms with E-state index in [1.807, 2.05) is 0 Å². The minimum absolute atomic E-state index is 0.0000279. The largest absolute Gasteiger partial charge is 0.514 e. The quantitative estimate of drug-likeness (QED) is 0.0150. The number of hydrogen-bond donors (Lipinski definition) is 6. The van der Waals surface area contributed by atoms with Gasteiger partial charge in [0.25, 0.3) is 17.5 Å². The Kier molecular flexibility index (Phi) is 24.5. The number of imide groups is 1. The number of nitrogens with two attached hydrogens (primary N) is 1. The molecule has 3 rings (SSSR count). The van der Waals surface area contributed by atoms with Crippen LogP contribution >= 0.6 is 0 Å². The zero-order chi connectivity index (χ0) is 49.0. The first-order valence-corrected chi connectivity index (χ1v) is 21.4. The van der Waals surface area contributed by atoms with E-state index < -0.39 is 58.7 Å². The van der Waals surface area contributed by atoms with Crippen molar-refractivity contribution in [3.63, 3.8) is 0 Å². The van der Waals surface area contributed by atoms with Crippen molar-refractivity contribution in [1.29, 1.82) is 0 Å². The van der Waals surface area contributed by atoms with E-state index in [-0.39, 0.29) is 102 Å². The maximum absolute atomic E-state index is 13.5. The summed E-state index contributed by atoms with van der Waals surface area (Å²) in [6.07, 6.45) is 1.62. The maximum Gasteiger partial charge on any atom is 0.514 e. The van der Waals surface area contributed by atoms with Gasteiger partial charge in [-0.05, 0) is 48.6 Å². The number of carbonyl (C=O) groups excluding carboxylic acids is 8. The number of rotatable bonds is 32. The molecule has 0 spiro atoms. The van der Waals surface area contributed by atoms with Gasteiger partial charge in [-0.25, -0.2) is 9.59 Å². The number of primary amides is 1. The zero-order valence-electron chi connectivity index (χ0n) is 37.3. The SMILES string of the molecule is CC(C)[C@@H](NC(=O)CCOCCOCCOCCOCCNC(=O)CCN1C(=O)C=CC1=O)C(=O)N[C@H](CCCNC(N)=O)C(=O)Nc1ccc(COC(=O)Oc2ccc([N+](=O)[O-])cc2)cc1. The van der Waals surface area contributed by atoms with E-state index in [2.05, 4.69) is 26.6 Å². The molecule has 0 aromatic heterocycles. The summed E-state index contributed by atoms with van der Waals surface area (Å²) in [5.41, 5.74) is 5.89. The van der Waals surface area contributed by atoms with Crippen LogP contribution in [-0.4, -0.2) is 142 Å². The monoisotopic (exact) mass is 942 g/mol. The van der Waals surface area contributed by atoms with Gasteiger partial charge in [-0.15, -0.1) is 0 Å². The van der Waals surface area contributed by atoms with Crippen LogP contribution in [0, 0.1) is 16.0 Å². The number of urea groups is 1. The molecule has 0 bridgehead atoms. The molecule has 0 aliphatic carbocycles. The van der Waals surface area contributed by atoms with Crippen LogP contribution in [-0.2, 0) is 59.1 Å². The van der Waals surface area contributed by atoms with E-state index in [1.54, 1.807) is 38.1 Å². The standard InChI is InChI=1S/C43H58N8O16/c1-29(2)39(49-36(53)16-20-62-22-24-64-26-27-65-25-23-63-21-18-45-35(52)15-19-50-37(54)13-14-38(50)55)41(57)48-34(4-3-17-46-42(44)58)40(56)47-31-7-5-30(6-8-31)28-66-43(59)67-33-11-9-32(10-12-33)51(60)61/h5-14,29,34,39H,3-4,15-28H2,1-2H3,(H,45,52)(H,47,56)(H,48,57)(H,49,53)(H3,44,46,58)/t34-,39-/m1/s1. The Labute approximate surface area is 386 Å². The van der Waals surface area contributed by atoms with E-state index in [4.69, 9.17) is 34.2 Å². The highest BCUT2D eigenvalue weighted by Gasteiger charge is 2.29. The number of nitrogens with zero attached hydrogens (tertiary/aromatic N) is 2. The summed E-state index contributed by atoms with van der Waals surface area (Å²) in [5.74, 6) is -3.11. The smallest absolute Gasteiger partial charge is 0.429 e. The number of nitro benzene ring substituents is 1. The Hall–Kier alpha value is -7.02. The number of anilines is 1. The average molecular weight is 943 g/mol. The number of hydrogen-bond acceptors (Lipinski definition) is 16. The van der Waals surface area contributed by atoms with Crippen molar-refractivity contribution in [2.45, 2.75) is 58.2 Å². The fourth-order valence-corrected chi connectivity index (χ4v) is 5.79. The van der Waals surface area contributed by atoms with Crippen LogP contribution in [0.15, 0.2) is 60.7 Å². The average Bonchev–Trinajstić information content (AvgIpc) is 3.62. The second kappa shape index (κ2) is 30.2. The van der Waals surface area contributed by atoms with Crippen LogP contribution in [0.25, 0.3) is 0 Å². The van der Waals surface area contributed by atoms with Crippen LogP contribution in [0.4, 0.5) is 21.0 Å². The van der Waals surface area contributed by atoms with Crippen molar-refractivity contribution < 1.29 is 71.7 Å². The molecule has 2 atom stereocenters. The summed E-state index contributed by atoms with van der Waals surface area (Å²) in [6, 6.07) is 8.32. The number of non-ortho nitro benzene ring substituents is 1. The maximum atomic E-state index is 13.5. The zero-order valence-corrected chi connectivity index (χ0v) is 37.3. The van der Waals surface area contributed by atoms with Crippen molar-refractivity contribution in [3.05, 3.63) is 76.4 Å². The van der Waals surface area contributed by atoms with Gasteiger partial charge in [-0.3, -0.25) is 43.8 Å². The van der Waals surface area contributed by atoms with Gasteiger partial charge < -0.3 is 60.7 Å². The molecule has 0 unspecified atom stereocenters. The molecule has 7 N–H and O–H groups in total. The van der Waals surface area contributed by atoms with Crippen LogP contribution in [0.1, 0.15) is 45.1 Å². The molecule has 1 aliphatic heterocycles. The van der Waals surface area contributed by atoms with Crippen molar-refractivity contribution in [3.8, 4) is 5.75 Å². The Bertz CT molecular complexity index is 1980. The van der Waals surface area contributed by atoms with E-state index >= 15 is 0 Å². The van der Waals surface area contributed by atoms with Gasteiger partial charge in [0.15, 0.2) is 0 Å². The van der Waals surface area contributed by atoms with Gasteiger partial charge in [0.05, 0.1) is 57.8 Å². The lowest BCUT2D eigenvalue weighted by Gasteiger charge is -2.25. The van der Waals surface area contributed by atoms with Gasteiger partial charge in [0.1, 0.15) is 24.4 Å². The summed E-state index contributed by atoms with van der Waals surface area (Å²) in [6.45, 7) is 5.66. The molecule has 0 fully saturated rings. The third-order valence-electron chi connectivity index (χ3n) is 9.32. The molecular weight excluding hydrogens is 885 g/mol. The van der Waals surface area contributed by atoms with Gasteiger partial charge in [-0.2, -0.15) is 0 Å². The molecule has 24 heteroatoms. The fourth-order valence-electron chi connectivity index (χ4n) is 5.79. The second-order valence-corrected chi connectivity index (χ2v) is 14.8. The third kappa shape index (κ3) is 22.1. The Morgan fingerprint density at radius 2 is 1.31 bits per heavy atom. The topological polar surface area (TPSA) is 324 Å². The Morgan fingerprint density at radius 1 is 0.716 bits per heavy atom.